The van der Waals surface area contributed by atoms with Crippen molar-refractivity contribution in [2.24, 2.45) is 5.92 Å². The van der Waals surface area contributed by atoms with Crippen LogP contribution in [0.3, 0.4) is 0 Å². The van der Waals surface area contributed by atoms with E-state index in [-0.39, 0.29) is 12.4 Å². The van der Waals surface area contributed by atoms with Crippen LogP contribution in [0.4, 0.5) is 5.95 Å². The van der Waals surface area contributed by atoms with Gasteiger partial charge in [0.2, 0.25) is 5.89 Å². The molecule has 2 heterocycles. The number of nitrogens with zero attached hydrogens (tertiary/aromatic N) is 3. The number of hydrogen-bond donors (Lipinski definition) is 1. The summed E-state index contributed by atoms with van der Waals surface area (Å²) in [4.78, 5) is 6.66. The molecule has 0 bridgehead atoms. The molecule has 1 saturated heterocycles. The molecule has 0 saturated carbocycles. The average molecular weight is 275 g/mol. The van der Waals surface area contributed by atoms with Gasteiger partial charge in [0, 0.05) is 19.5 Å². The van der Waals surface area contributed by atoms with Gasteiger partial charge in [0.1, 0.15) is 0 Å². The summed E-state index contributed by atoms with van der Waals surface area (Å²) in [5, 5.41) is 7.30. The van der Waals surface area contributed by atoms with E-state index in [2.05, 4.69) is 27.3 Å². The van der Waals surface area contributed by atoms with Crippen molar-refractivity contribution in [1.29, 1.82) is 0 Å². The quantitative estimate of drug-likeness (QED) is 0.889. The van der Waals surface area contributed by atoms with Gasteiger partial charge < -0.3 is 14.7 Å². The first kappa shape index (κ1) is 15.2. The lowest BCUT2D eigenvalue weighted by Gasteiger charge is -2.30. The van der Waals surface area contributed by atoms with Crippen LogP contribution in [0, 0.1) is 5.92 Å². The fourth-order valence-corrected chi connectivity index (χ4v) is 2.32. The van der Waals surface area contributed by atoms with Crippen molar-refractivity contribution in [2.75, 3.05) is 31.6 Å². The van der Waals surface area contributed by atoms with Crippen LogP contribution in [0.2, 0.25) is 0 Å². The monoisotopic (exact) mass is 274 g/mol. The standard InChI is InChI=1S/C12H22N4O.ClH/c1-3-4-11-14-12(15-17-11)16-7-5-10(6-8-16)9-13-2;/h10,13H,3-9H2,1-2H3;1H. The lowest BCUT2D eigenvalue weighted by molar-refractivity contribution is 0.366. The summed E-state index contributed by atoms with van der Waals surface area (Å²) in [5.74, 6) is 2.33. The molecule has 18 heavy (non-hydrogen) atoms. The summed E-state index contributed by atoms with van der Waals surface area (Å²) in [5.41, 5.74) is 0. The van der Waals surface area contributed by atoms with Crippen LogP contribution in [0.5, 0.6) is 0 Å². The summed E-state index contributed by atoms with van der Waals surface area (Å²) < 4.78 is 5.22. The number of rotatable bonds is 5. The molecular formula is C12H23ClN4O. The lowest BCUT2D eigenvalue weighted by atomic mass is 9.97. The van der Waals surface area contributed by atoms with E-state index in [0.29, 0.717) is 0 Å². The Morgan fingerprint density at radius 1 is 1.39 bits per heavy atom. The average Bonchev–Trinajstić information content (AvgIpc) is 2.80. The molecule has 104 valence electrons. The van der Waals surface area contributed by atoms with Crippen molar-refractivity contribution in [1.82, 2.24) is 15.5 Å². The molecule has 6 heteroatoms. The minimum atomic E-state index is 0. The highest BCUT2D eigenvalue weighted by Crippen LogP contribution is 2.20. The molecule has 1 fully saturated rings. The summed E-state index contributed by atoms with van der Waals surface area (Å²) in [6.45, 7) is 5.31. The van der Waals surface area contributed by atoms with Crippen LogP contribution in [0.15, 0.2) is 4.52 Å². The highest BCUT2D eigenvalue weighted by molar-refractivity contribution is 5.85. The molecule has 0 spiro atoms. The van der Waals surface area contributed by atoms with E-state index in [4.69, 9.17) is 4.52 Å². The van der Waals surface area contributed by atoms with Gasteiger partial charge in [-0.2, -0.15) is 4.98 Å². The smallest absolute Gasteiger partial charge is 0.266 e. The van der Waals surface area contributed by atoms with Gasteiger partial charge in [-0.25, -0.2) is 0 Å². The zero-order valence-electron chi connectivity index (χ0n) is 11.2. The molecule has 1 aromatic heterocycles. The van der Waals surface area contributed by atoms with Crippen molar-refractivity contribution in [3.8, 4) is 0 Å². The molecule has 5 nitrogen and oxygen atoms in total. The first-order chi connectivity index (χ1) is 8.33. The number of anilines is 1. The van der Waals surface area contributed by atoms with E-state index in [1.165, 1.54) is 12.8 Å². The van der Waals surface area contributed by atoms with Gasteiger partial charge in [-0.05, 0) is 43.9 Å². The molecule has 0 aromatic carbocycles. The largest absolute Gasteiger partial charge is 0.338 e. The zero-order chi connectivity index (χ0) is 12.1. The minimum Gasteiger partial charge on any atom is -0.338 e. The number of aryl methyl sites for hydroxylation is 1. The summed E-state index contributed by atoms with van der Waals surface area (Å²) in [7, 11) is 2.02. The molecule has 1 aromatic rings. The second-order valence-electron chi connectivity index (χ2n) is 4.73. The van der Waals surface area contributed by atoms with Crippen molar-refractivity contribution < 1.29 is 4.52 Å². The second kappa shape index (κ2) is 7.59. The van der Waals surface area contributed by atoms with Crippen molar-refractivity contribution >= 4 is 18.4 Å². The maximum absolute atomic E-state index is 5.22. The number of hydrogen-bond acceptors (Lipinski definition) is 5. The van der Waals surface area contributed by atoms with Gasteiger partial charge in [-0.15, -0.1) is 12.4 Å². The Morgan fingerprint density at radius 3 is 2.72 bits per heavy atom. The number of aromatic nitrogens is 2. The SMILES string of the molecule is CCCc1nc(N2CCC(CNC)CC2)no1.Cl. The Kier molecular flexibility index (Phi) is 6.43. The fraction of sp³-hybridized carbons (Fsp3) is 0.833. The zero-order valence-corrected chi connectivity index (χ0v) is 12.0. The first-order valence-electron chi connectivity index (χ1n) is 6.55. The van der Waals surface area contributed by atoms with Gasteiger partial charge in [-0.1, -0.05) is 6.92 Å². The molecule has 1 aliphatic rings. The summed E-state index contributed by atoms with van der Waals surface area (Å²) >= 11 is 0. The summed E-state index contributed by atoms with van der Waals surface area (Å²) in [6.07, 6.45) is 4.34. The third-order valence-electron chi connectivity index (χ3n) is 3.31. The third-order valence-corrected chi connectivity index (χ3v) is 3.31. The Morgan fingerprint density at radius 2 is 2.11 bits per heavy atom. The normalized spacial score (nSPS) is 16.7. The van der Waals surface area contributed by atoms with Crippen LogP contribution < -0.4 is 10.2 Å². The molecule has 2 rings (SSSR count). The van der Waals surface area contributed by atoms with E-state index in [1.807, 2.05) is 7.05 Å². The fourth-order valence-electron chi connectivity index (χ4n) is 2.32. The van der Waals surface area contributed by atoms with Crippen LogP contribution in [0.25, 0.3) is 0 Å². The number of nitrogens with one attached hydrogen (secondary N) is 1. The maximum Gasteiger partial charge on any atom is 0.266 e. The highest BCUT2D eigenvalue weighted by atomic mass is 35.5. The molecule has 0 atom stereocenters. The number of piperidine rings is 1. The molecule has 1 aliphatic heterocycles. The van der Waals surface area contributed by atoms with Crippen molar-refractivity contribution in [3.63, 3.8) is 0 Å². The van der Waals surface area contributed by atoms with Gasteiger partial charge in [0.15, 0.2) is 0 Å². The van der Waals surface area contributed by atoms with E-state index >= 15 is 0 Å². The van der Waals surface area contributed by atoms with Crippen molar-refractivity contribution in [3.05, 3.63) is 5.89 Å². The highest BCUT2D eigenvalue weighted by Gasteiger charge is 2.21. The first-order valence-corrected chi connectivity index (χ1v) is 6.55. The van der Waals surface area contributed by atoms with E-state index < -0.39 is 0 Å². The number of halogens is 1. The Labute approximate surface area is 115 Å². The van der Waals surface area contributed by atoms with Crippen LogP contribution >= 0.6 is 12.4 Å². The van der Waals surface area contributed by atoms with Crippen LogP contribution in [-0.2, 0) is 6.42 Å². The summed E-state index contributed by atoms with van der Waals surface area (Å²) in [6, 6.07) is 0. The molecule has 0 aliphatic carbocycles. The van der Waals surface area contributed by atoms with Crippen molar-refractivity contribution in [2.45, 2.75) is 32.6 Å². The van der Waals surface area contributed by atoms with Crippen LogP contribution in [-0.4, -0.2) is 36.8 Å². The van der Waals surface area contributed by atoms with Gasteiger partial charge >= 0.3 is 0 Å². The Hall–Kier alpha value is -0.810. The molecule has 0 unspecified atom stereocenters. The predicted octanol–water partition coefficient (Wildman–Crippen LogP) is 1.88. The lowest BCUT2D eigenvalue weighted by Crippen LogP contribution is -2.37. The Balaban J connectivity index is 0.00000162. The minimum absolute atomic E-state index is 0. The molecule has 0 radical (unpaired) electrons. The predicted molar refractivity (Wildman–Crippen MR) is 74.4 cm³/mol. The molecule has 1 N–H and O–H groups in total. The molecular weight excluding hydrogens is 252 g/mol. The second-order valence-corrected chi connectivity index (χ2v) is 4.73. The third kappa shape index (κ3) is 3.85. The topological polar surface area (TPSA) is 54.2 Å². The van der Waals surface area contributed by atoms with E-state index in [0.717, 1.165) is 50.2 Å². The van der Waals surface area contributed by atoms with Crippen LogP contribution in [0.1, 0.15) is 32.1 Å². The van der Waals surface area contributed by atoms with Gasteiger partial charge in [0.25, 0.3) is 5.95 Å². The van der Waals surface area contributed by atoms with Gasteiger partial charge in [0.05, 0.1) is 0 Å². The van der Waals surface area contributed by atoms with E-state index in [1.54, 1.807) is 0 Å². The maximum atomic E-state index is 5.22. The molecule has 0 amide bonds. The van der Waals surface area contributed by atoms with E-state index in [9.17, 15) is 0 Å². The Bertz CT molecular complexity index is 337. The van der Waals surface area contributed by atoms with Gasteiger partial charge in [-0.3, -0.25) is 0 Å².